The van der Waals surface area contributed by atoms with Gasteiger partial charge in [0, 0.05) is 31.7 Å². The summed E-state index contributed by atoms with van der Waals surface area (Å²) in [5.41, 5.74) is 1.97. The lowest BCUT2D eigenvalue weighted by molar-refractivity contribution is -0.148. The van der Waals surface area contributed by atoms with Gasteiger partial charge in [-0.15, -0.1) is 0 Å². The molecule has 0 bridgehead atoms. The van der Waals surface area contributed by atoms with Crippen molar-refractivity contribution in [2.45, 2.75) is 53.0 Å². The molecule has 0 spiro atoms. The monoisotopic (exact) mass is 608 g/mol. The Labute approximate surface area is 256 Å². The molecule has 3 heterocycles. The highest BCUT2D eigenvalue weighted by molar-refractivity contribution is 8.26. The Morgan fingerprint density at radius 1 is 1.17 bits per heavy atom. The van der Waals surface area contributed by atoms with Crippen LogP contribution in [-0.2, 0) is 27.3 Å². The molecule has 4 rings (SSSR count). The van der Waals surface area contributed by atoms with E-state index >= 15 is 0 Å². The molecule has 2 fully saturated rings. The molecule has 1 amide bonds. The zero-order valence-corrected chi connectivity index (χ0v) is 26.1. The molecular formula is C31H36N4O5S2. The number of amides is 1. The van der Waals surface area contributed by atoms with Crippen molar-refractivity contribution in [3.63, 3.8) is 0 Å². The quantitative estimate of drug-likeness (QED) is 0.216. The zero-order chi connectivity index (χ0) is 30.4. The molecule has 42 heavy (non-hydrogen) atoms. The van der Waals surface area contributed by atoms with Crippen LogP contribution in [-0.4, -0.2) is 59.0 Å². The first-order valence-electron chi connectivity index (χ1n) is 14.2. The van der Waals surface area contributed by atoms with E-state index < -0.39 is 0 Å². The Morgan fingerprint density at radius 2 is 1.86 bits per heavy atom. The number of esters is 1. The Hall–Kier alpha value is -3.62. The topological polar surface area (TPSA) is 105 Å². The SMILES string of the molecule is CCCn1c(N2CCC(C(=O)OCC)CC2)c(/C=C2/SC(=S)N(CCc3ccc(OC)cc3)C2=O)c(C)c(C#N)c1=O. The number of thiocarbonyl (C=S) groups is 1. The van der Waals surface area contributed by atoms with Crippen LogP contribution in [0.4, 0.5) is 5.82 Å². The van der Waals surface area contributed by atoms with Gasteiger partial charge in [-0.05, 0) is 68.9 Å². The van der Waals surface area contributed by atoms with Gasteiger partial charge in [0.2, 0.25) is 0 Å². The maximum Gasteiger partial charge on any atom is 0.309 e. The minimum absolute atomic E-state index is 0.0647. The molecule has 0 radical (unpaired) electrons. The highest BCUT2D eigenvalue weighted by atomic mass is 32.2. The molecule has 2 saturated heterocycles. The fourth-order valence-electron chi connectivity index (χ4n) is 5.36. The number of rotatable bonds is 10. The van der Waals surface area contributed by atoms with E-state index in [9.17, 15) is 19.6 Å². The first-order valence-corrected chi connectivity index (χ1v) is 15.4. The standard InChI is InChI=1S/C31H36N4O5S2/c1-5-14-34-27(33-15-12-22(13-16-33)30(38)40-6-2)24(20(3)25(19-32)28(34)36)18-26-29(37)35(31(41)42-26)17-11-21-7-9-23(39-4)10-8-21/h7-10,18,22H,5-6,11-17H2,1-4H3/b26-18+. The number of piperidine rings is 1. The third-order valence-corrected chi connectivity index (χ3v) is 9.02. The van der Waals surface area contributed by atoms with E-state index in [1.807, 2.05) is 31.2 Å². The van der Waals surface area contributed by atoms with E-state index in [0.717, 1.165) is 11.3 Å². The van der Waals surface area contributed by atoms with E-state index in [1.165, 1.54) is 11.8 Å². The molecule has 0 unspecified atom stereocenters. The van der Waals surface area contributed by atoms with Gasteiger partial charge in [0.15, 0.2) is 0 Å². The number of carbonyl (C=O) groups excluding carboxylic acids is 2. The molecule has 222 valence electrons. The second-order valence-corrected chi connectivity index (χ2v) is 11.9. The summed E-state index contributed by atoms with van der Waals surface area (Å²) in [5.74, 6) is 0.848. The molecule has 1 aromatic heterocycles. The lowest BCUT2D eigenvalue weighted by atomic mass is 9.95. The van der Waals surface area contributed by atoms with E-state index in [4.69, 9.17) is 21.7 Å². The molecule has 0 N–H and O–H groups in total. The Morgan fingerprint density at radius 3 is 2.45 bits per heavy atom. The number of anilines is 1. The number of hydrogen-bond donors (Lipinski definition) is 0. The van der Waals surface area contributed by atoms with Gasteiger partial charge in [-0.1, -0.05) is 43.0 Å². The second-order valence-electron chi connectivity index (χ2n) is 10.3. The van der Waals surface area contributed by atoms with Crippen LogP contribution in [0.3, 0.4) is 0 Å². The summed E-state index contributed by atoms with van der Waals surface area (Å²) in [4.78, 5) is 43.6. The predicted molar refractivity (Wildman–Crippen MR) is 169 cm³/mol. The first-order chi connectivity index (χ1) is 20.2. The van der Waals surface area contributed by atoms with Crippen LogP contribution in [0.5, 0.6) is 5.75 Å². The average Bonchev–Trinajstić information content (AvgIpc) is 3.26. The maximum absolute atomic E-state index is 13.6. The molecule has 2 aliphatic rings. The molecule has 0 atom stereocenters. The second kappa shape index (κ2) is 14.0. The van der Waals surface area contributed by atoms with Crippen molar-refractivity contribution in [1.29, 1.82) is 5.26 Å². The molecule has 9 nitrogen and oxygen atoms in total. The van der Waals surface area contributed by atoms with Gasteiger partial charge >= 0.3 is 5.97 Å². The highest BCUT2D eigenvalue weighted by Gasteiger charge is 2.34. The maximum atomic E-state index is 13.6. The Balaban J connectivity index is 1.68. The van der Waals surface area contributed by atoms with Crippen LogP contribution in [0.2, 0.25) is 0 Å². The minimum atomic E-state index is -0.344. The third-order valence-electron chi connectivity index (χ3n) is 7.64. The normalized spacial score (nSPS) is 16.7. The van der Waals surface area contributed by atoms with Gasteiger partial charge in [0.05, 0.1) is 24.5 Å². The van der Waals surface area contributed by atoms with Gasteiger partial charge in [-0.2, -0.15) is 5.26 Å². The summed E-state index contributed by atoms with van der Waals surface area (Å²) in [6.07, 6.45) is 4.27. The number of thioether (sulfide) groups is 1. The summed E-state index contributed by atoms with van der Waals surface area (Å²) in [5, 5.41) is 9.91. The van der Waals surface area contributed by atoms with Crippen molar-refractivity contribution in [2.75, 3.05) is 38.3 Å². The van der Waals surface area contributed by atoms with Crippen molar-refractivity contribution >= 4 is 52.1 Å². The highest BCUT2D eigenvalue weighted by Crippen LogP contribution is 2.37. The van der Waals surface area contributed by atoms with Gasteiger partial charge in [0.1, 0.15) is 27.5 Å². The number of aromatic nitrogens is 1. The van der Waals surface area contributed by atoms with Crippen LogP contribution in [0, 0.1) is 24.2 Å². The number of hydrogen-bond acceptors (Lipinski definition) is 9. The third kappa shape index (κ3) is 6.55. The average molecular weight is 609 g/mol. The van der Waals surface area contributed by atoms with Crippen LogP contribution in [0.15, 0.2) is 34.0 Å². The van der Waals surface area contributed by atoms with Crippen molar-refractivity contribution in [3.8, 4) is 11.8 Å². The van der Waals surface area contributed by atoms with Gasteiger partial charge in [-0.25, -0.2) is 0 Å². The smallest absolute Gasteiger partial charge is 0.309 e. The molecule has 0 aliphatic carbocycles. The minimum Gasteiger partial charge on any atom is -0.497 e. The number of ether oxygens (including phenoxy) is 2. The largest absolute Gasteiger partial charge is 0.497 e. The summed E-state index contributed by atoms with van der Waals surface area (Å²) in [7, 11) is 1.62. The van der Waals surface area contributed by atoms with E-state index in [1.54, 1.807) is 36.5 Å². The predicted octanol–water partition coefficient (Wildman–Crippen LogP) is 4.67. The summed E-state index contributed by atoms with van der Waals surface area (Å²) >= 11 is 6.83. The number of nitrogens with zero attached hydrogens (tertiary/aromatic N) is 4. The molecular weight excluding hydrogens is 572 g/mol. The van der Waals surface area contributed by atoms with Crippen molar-refractivity contribution in [2.24, 2.45) is 5.92 Å². The van der Waals surface area contributed by atoms with E-state index in [0.29, 0.717) is 84.6 Å². The Kier molecular flexibility index (Phi) is 10.5. The first kappa shape index (κ1) is 31.3. The summed E-state index contributed by atoms with van der Waals surface area (Å²) < 4.78 is 12.6. The lowest BCUT2D eigenvalue weighted by Crippen LogP contribution is -2.41. The summed E-state index contributed by atoms with van der Waals surface area (Å²) in [6, 6.07) is 9.79. The van der Waals surface area contributed by atoms with Crippen LogP contribution >= 0.6 is 24.0 Å². The number of nitriles is 1. The Bertz CT molecular complexity index is 1480. The molecule has 0 saturated carbocycles. The summed E-state index contributed by atoms with van der Waals surface area (Å²) in [6.45, 7) is 7.80. The van der Waals surface area contributed by atoms with Crippen LogP contribution < -0.4 is 15.2 Å². The molecule has 11 heteroatoms. The molecule has 2 aliphatic heterocycles. The van der Waals surface area contributed by atoms with Crippen LogP contribution in [0.1, 0.15) is 55.4 Å². The number of carbonyl (C=O) groups is 2. The van der Waals surface area contributed by atoms with Crippen LogP contribution in [0.25, 0.3) is 6.08 Å². The van der Waals surface area contributed by atoms with Gasteiger partial charge in [-0.3, -0.25) is 23.9 Å². The number of benzene rings is 1. The molecule has 1 aromatic carbocycles. The van der Waals surface area contributed by atoms with E-state index in [2.05, 4.69) is 11.0 Å². The van der Waals surface area contributed by atoms with Crippen molar-refractivity contribution < 1.29 is 19.1 Å². The lowest BCUT2D eigenvalue weighted by Gasteiger charge is -2.35. The van der Waals surface area contributed by atoms with E-state index in [-0.39, 0.29) is 28.9 Å². The fraction of sp³-hybridized carbons (Fsp3) is 0.452. The fourth-order valence-corrected chi connectivity index (χ4v) is 6.65. The van der Waals surface area contributed by atoms with Gasteiger partial charge in [0.25, 0.3) is 11.5 Å². The van der Waals surface area contributed by atoms with Gasteiger partial charge < -0.3 is 14.4 Å². The van der Waals surface area contributed by atoms with Crippen molar-refractivity contribution in [3.05, 3.63) is 61.8 Å². The zero-order valence-electron chi connectivity index (χ0n) is 24.5. The number of pyridine rings is 1. The number of methoxy groups -OCH3 is 1. The van der Waals surface area contributed by atoms with Crippen molar-refractivity contribution in [1.82, 2.24) is 9.47 Å². The molecule has 2 aromatic rings.